The third-order valence-electron chi connectivity index (χ3n) is 3.89. The SMILES string of the molecule is CN1C(=O)c2c(nc[nH]c2=O)C12CCCC2. The fraction of sp³-hybridized carbons (Fsp3) is 0.545. The van der Waals surface area contributed by atoms with Crippen molar-refractivity contribution < 1.29 is 4.79 Å². The number of fused-ring (bicyclic) bond motifs is 2. The van der Waals surface area contributed by atoms with E-state index < -0.39 is 0 Å². The molecular formula is C11H13N3O2. The molecule has 0 saturated heterocycles. The number of hydrogen-bond acceptors (Lipinski definition) is 3. The van der Waals surface area contributed by atoms with Gasteiger partial charge in [-0.05, 0) is 12.8 Å². The van der Waals surface area contributed by atoms with E-state index in [0.29, 0.717) is 5.69 Å². The maximum Gasteiger partial charge on any atom is 0.263 e. The Hall–Kier alpha value is -1.65. The van der Waals surface area contributed by atoms with Crippen molar-refractivity contribution >= 4 is 5.91 Å². The smallest absolute Gasteiger partial charge is 0.263 e. The first kappa shape index (κ1) is 9.57. The number of amides is 1. The largest absolute Gasteiger partial charge is 0.330 e. The van der Waals surface area contributed by atoms with Crippen molar-refractivity contribution in [3.05, 3.63) is 27.9 Å². The monoisotopic (exact) mass is 219 g/mol. The molecule has 1 amide bonds. The molecule has 1 aliphatic carbocycles. The molecule has 1 aliphatic heterocycles. The molecule has 0 unspecified atom stereocenters. The zero-order chi connectivity index (χ0) is 11.3. The van der Waals surface area contributed by atoms with E-state index in [1.54, 1.807) is 11.9 Å². The molecule has 5 nitrogen and oxygen atoms in total. The lowest BCUT2D eigenvalue weighted by Crippen LogP contribution is -2.38. The average molecular weight is 219 g/mol. The molecular weight excluding hydrogens is 206 g/mol. The predicted octanol–water partition coefficient (Wildman–Crippen LogP) is 0.625. The summed E-state index contributed by atoms with van der Waals surface area (Å²) >= 11 is 0. The number of carbonyl (C=O) groups excluding carboxylic acids is 1. The fourth-order valence-corrected chi connectivity index (χ4v) is 3.00. The molecule has 5 heteroatoms. The van der Waals surface area contributed by atoms with Gasteiger partial charge in [-0.25, -0.2) is 4.98 Å². The lowest BCUT2D eigenvalue weighted by molar-refractivity contribution is 0.0636. The van der Waals surface area contributed by atoms with Gasteiger partial charge in [-0.1, -0.05) is 12.8 Å². The Morgan fingerprint density at radius 2 is 2.06 bits per heavy atom. The number of rotatable bonds is 0. The Bertz CT molecular complexity index is 514. The molecule has 16 heavy (non-hydrogen) atoms. The van der Waals surface area contributed by atoms with Gasteiger partial charge < -0.3 is 9.88 Å². The second-order valence-electron chi connectivity index (χ2n) is 4.56. The van der Waals surface area contributed by atoms with Gasteiger partial charge in [0.2, 0.25) is 0 Å². The van der Waals surface area contributed by atoms with E-state index in [1.165, 1.54) is 6.33 Å². The van der Waals surface area contributed by atoms with Gasteiger partial charge >= 0.3 is 0 Å². The van der Waals surface area contributed by atoms with Crippen molar-refractivity contribution in [2.45, 2.75) is 31.2 Å². The summed E-state index contributed by atoms with van der Waals surface area (Å²) in [7, 11) is 1.77. The summed E-state index contributed by atoms with van der Waals surface area (Å²) in [6.07, 6.45) is 5.40. The highest BCUT2D eigenvalue weighted by Crippen LogP contribution is 2.47. The van der Waals surface area contributed by atoms with E-state index >= 15 is 0 Å². The second kappa shape index (κ2) is 2.93. The van der Waals surface area contributed by atoms with Crippen molar-refractivity contribution in [3.8, 4) is 0 Å². The number of H-pyrrole nitrogens is 1. The molecule has 1 aromatic rings. The number of aromatic amines is 1. The minimum absolute atomic E-state index is 0.189. The van der Waals surface area contributed by atoms with Gasteiger partial charge in [-0.2, -0.15) is 0 Å². The van der Waals surface area contributed by atoms with E-state index in [4.69, 9.17) is 0 Å². The maximum atomic E-state index is 12.0. The predicted molar refractivity (Wildman–Crippen MR) is 57.1 cm³/mol. The summed E-state index contributed by atoms with van der Waals surface area (Å²) in [4.78, 5) is 32.1. The van der Waals surface area contributed by atoms with E-state index in [1.807, 2.05) is 0 Å². The molecule has 1 spiro atoms. The van der Waals surface area contributed by atoms with E-state index in [9.17, 15) is 9.59 Å². The van der Waals surface area contributed by atoms with Gasteiger partial charge in [0.05, 0.1) is 17.6 Å². The van der Waals surface area contributed by atoms with Crippen molar-refractivity contribution in [3.63, 3.8) is 0 Å². The highest BCUT2D eigenvalue weighted by atomic mass is 16.2. The van der Waals surface area contributed by atoms with Gasteiger partial charge in [0, 0.05) is 7.05 Å². The Balaban J connectivity index is 2.30. The number of nitrogens with zero attached hydrogens (tertiary/aromatic N) is 2. The van der Waals surface area contributed by atoms with Crippen LogP contribution in [-0.2, 0) is 5.54 Å². The molecule has 1 fully saturated rings. The van der Waals surface area contributed by atoms with Crippen LogP contribution in [0.3, 0.4) is 0 Å². The molecule has 1 N–H and O–H groups in total. The van der Waals surface area contributed by atoms with Crippen LogP contribution in [0.5, 0.6) is 0 Å². The number of hydrogen-bond donors (Lipinski definition) is 1. The first-order valence-electron chi connectivity index (χ1n) is 5.53. The van der Waals surface area contributed by atoms with Crippen molar-refractivity contribution in [2.75, 3.05) is 7.05 Å². The number of nitrogens with one attached hydrogen (secondary N) is 1. The summed E-state index contributed by atoms with van der Waals surface area (Å²) in [5.41, 5.74) is 0.305. The summed E-state index contributed by atoms with van der Waals surface area (Å²) in [5, 5.41) is 0. The molecule has 0 atom stereocenters. The van der Waals surface area contributed by atoms with E-state index in [0.717, 1.165) is 25.7 Å². The van der Waals surface area contributed by atoms with E-state index in [2.05, 4.69) is 9.97 Å². The first-order valence-corrected chi connectivity index (χ1v) is 5.53. The minimum atomic E-state index is -0.314. The van der Waals surface area contributed by atoms with Crippen LogP contribution in [0.4, 0.5) is 0 Å². The third kappa shape index (κ3) is 0.930. The second-order valence-corrected chi connectivity index (χ2v) is 4.56. The Kier molecular flexibility index (Phi) is 1.75. The van der Waals surface area contributed by atoms with Gasteiger partial charge in [0.1, 0.15) is 5.56 Å². The zero-order valence-corrected chi connectivity index (χ0v) is 9.12. The van der Waals surface area contributed by atoms with Crippen LogP contribution in [0.1, 0.15) is 41.7 Å². The lowest BCUT2D eigenvalue weighted by Gasteiger charge is -2.31. The van der Waals surface area contributed by atoms with E-state index in [-0.39, 0.29) is 22.6 Å². The number of carbonyl (C=O) groups is 1. The van der Waals surface area contributed by atoms with Crippen LogP contribution in [0, 0.1) is 0 Å². The molecule has 1 aromatic heterocycles. The normalized spacial score (nSPS) is 21.8. The fourth-order valence-electron chi connectivity index (χ4n) is 3.00. The van der Waals surface area contributed by atoms with Gasteiger partial charge in [0.15, 0.2) is 0 Å². The van der Waals surface area contributed by atoms with Crippen LogP contribution < -0.4 is 5.56 Å². The molecule has 2 aliphatic rings. The van der Waals surface area contributed by atoms with Gasteiger partial charge in [-0.15, -0.1) is 0 Å². The van der Waals surface area contributed by atoms with Crippen LogP contribution in [0.2, 0.25) is 0 Å². The summed E-state index contributed by atoms with van der Waals surface area (Å²) in [6, 6.07) is 0. The zero-order valence-electron chi connectivity index (χ0n) is 9.12. The van der Waals surface area contributed by atoms with Crippen LogP contribution in [0.25, 0.3) is 0 Å². The summed E-state index contributed by atoms with van der Waals surface area (Å²) in [6.45, 7) is 0. The van der Waals surface area contributed by atoms with Crippen LogP contribution in [0.15, 0.2) is 11.1 Å². The Labute approximate surface area is 92.5 Å². The van der Waals surface area contributed by atoms with Crippen molar-refractivity contribution in [1.29, 1.82) is 0 Å². The lowest BCUT2D eigenvalue weighted by atomic mass is 9.93. The molecule has 84 valence electrons. The number of aromatic nitrogens is 2. The van der Waals surface area contributed by atoms with Crippen molar-refractivity contribution in [1.82, 2.24) is 14.9 Å². The highest BCUT2D eigenvalue weighted by Gasteiger charge is 2.51. The summed E-state index contributed by atoms with van der Waals surface area (Å²) < 4.78 is 0. The van der Waals surface area contributed by atoms with Crippen LogP contribution >= 0.6 is 0 Å². The third-order valence-corrected chi connectivity index (χ3v) is 3.89. The molecule has 0 radical (unpaired) electrons. The van der Waals surface area contributed by atoms with Crippen LogP contribution in [-0.4, -0.2) is 27.8 Å². The molecule has 1 saturated carbocycles. The van der Waals surface area contributed by atoms with Gasteiger partial charge in [-0.3, -0.25) is 9.59 Å². The molecule has 0 bridgehead atoms. The maximum absolute atomic E-state index is 12.0. The standard InChI is InChI=1S/C11H13N3O2/c1-14-10(16)7-8(12-6-13-9(7)15)11(14)4-2-3-5-11/h6H,2-5H2,1H3,(H,12,13,15). The quantitative estimate of drug-likeness (QED) is 0.695. The molecule has 3 rings (SSSR count). The first-order chi connectivity index (χ1) is 7.67. The highest BCUT2D eigenvalue weighted by molar-refractivity contribution is 5.98. The van der Waals surface area contributed by atoms with Gasteiger partial charge in [0.25, 0.3) is 11.5 Å². The Morgan fingerprint density at radius 1 is 1.38 bits per heavy atom. The average Bonchev–Trinajstić information content (AvgIpc) is 2.83. The minimum Gasteiger partial charge on any atom is -0.330 e. The Morgan fingerprint density at radius 3 is 2.75 bits per heavy atom. The summed E-state index contributed by atoms with van der Waals surface area (Å²) in [5.74, 6) is -0.189. The van der Waals surface area contributed by atoms with Crippen molar-refractivity contribution in [2.24, 2.45) is 0 Å². The molecule has 0 aromatic carbocycles. The topological polar surface area (TPSA) is 66.1 Å². The molecule has 2 heterocycles.